The van der Waals surface area contributed by atoms with Gasteiger partial charge in [-0.1, -0.05) is 0 Å². The number of tetrazole rings is 1. The highest BCUT2D eigenvalue weighted by Crippen LogP contribution is 2.20. The summed E-state index contributed by atoms with van der Waals surface area (Å²) < 4.78 is 1.43. The molecule has 0 amide bonds. The van der Waals surface area contributed by atoms with Gasteiger partial charge in [0.05, 0.1) is 0 Å². The molecule has 0 saturated heterocycles. The van der Waals surface area contributed by atoms with E-state index in [1.54, 1.807) is 0 Å². The first-order chi connectivity index (χ1) is 7.33. The van der Waals surface area contributed by atoms with E-state index in [0.717, 1.165) is 16.5 Å². The molecule has 0 saturated carbocycles. The summed E-state index contributed by atoms with van der Waals surface area (Å²) in [5.41, 5.74) is 2.09. The molecule has 0 bridgehead atoms. The van der Waals surface area contributed by atoms with Gasteiger partial charge in [0, 0.05) is 22.7 Å². The largest absolute Gasteiger partial charge is 0.361 e. The van der Waals surface area contributed by atoms with Crippen molar-refractivity contribution in [1.82, 2.24) is 23.4 Å². The van der Waals surface area contributed by atoms with E-state index in [9.17, 15) is 0 Å². The first kappa shape index (κ1) is 8.84. The van der Waals surface area contributed by atoms with E-state index < -0.39 is 0 Å². The van der Waals surface area contributed by atoms with Crippen LogP contribution in [0.5, 0.6) is 0 Å². The van der Waals surface area contributed by atoms with Gasteiger partial charge in [-0.15, -0.1) is 13.2 Å². The first-order valence-corrected chi connectivity index (χ1v) is 5.33. The predicted octanol–water partition coefficient (Wildman–Crippen LogP) is 2.02. The van der Waals surface area contributed by atoms with Crippen LogP contribution in [0.3, 0.4) is 0 Å². The molecule has 1 N–H and O–H groups in total. The third-order valence-electron chi connectivity index (χ3n) is 2.20. The molecule has 0 aliphatic rings. The van der Waals surface area contributed by atoms with Gasteiger partial charge in [0.25, 0.3) is 0 Å². The number of nitrogens with one attached hydrogen (secondary N) is 1. The summed E-state index contributed by atoms with van der Waals surface area (Å²) in [6.45, 7) is 0. The molecule has 0 unspecified atom stereocenters. The maximum atomic E-state index is 4.14. The zero-order valence-corrected chi connectivity index (χ0v) is 9.71. The topological polar surface area (TPSA) is 59.4 Å². The normalized spacial score (nSPS) is 11.0. The van der Waals surface area contributed by atoms with Gasteiger partial charge < -0.3 is 4.98 Å². The van der Waals surface area contributed by atoms with Crippen molar-refractivity contribution in [2.75, 3.05) is 0 Å². The summed E-state index contributed by atoms with van der Waals surface area (Å²) in [5, 5.41) is 13.0. The van der Waals surface area contributed by atoms with Crippen molar-refractivity contribution in [3.05, 3.63) is 30.5 Å². The summed E-state index contributed by atoms with van der Waals surface area (Å²) >= 11 is 1.97. The molecule has 0 atom stereocenters. The van der Waals surface area contributed by atoms with Crippen LogP contribution >= 0.6 is 22.9 Å². The minimum absolute atomic E-state index is 0.646. The lowest BCUT2D eigenvalue weighted by molar-refractivity contribution is 0.853. The molecule has 2 aromatic heterocycles. The Labute approximate surface area is 99.0 Å². The standard InChI is InChI=1S/C9H6IN5/c10-15-13-9(12-14-15)7-1-2-8-6(5-7)3-4-11-8/h1-5,11H. The molecular formula is C9H6IN5. The van der Waals surface area contributed by atoms with Crippen molar-refractivity contribution in [1.29, 1.82) is 0 Å². The SMILES string of the molecule is In1nnc(-c2ccc3[nH]ccc3c2)n1. The second kappa shape index (κ2) is 3.30. The summed E-state index contributed by atoms with van der Waals surface area (Å²) in [5.74, 6) is 0.646. The number of nitrogens with zero attached hydrogens (tertiary/aromatic N) is 4. The van der Waals surface area contributed by atoms with E-state index in [1.165, 1.54) is 3.01 Å². The van der Waals surface area contributed by atoms with Gasteiger partial charge in [-0.05, 0) is 29.5 Å². The Kier molecular flexibility index (Phi) is 1.94. The third-order valence-corrected chi connectivity index (χ3v) is 2.61. The average Bonchev–Trinajstić information content (AvgIpc) is 2.84. The lowest BCUT2D eigenvalue weighted by atomic mass is 10.1. The van der Waals surface area contributed by atoms with Crippen molar-refractivity contribution in [3.63, 3.8) is 0 Å². The Bertz CT molecular complexity index is 612. The number of rotatable bonds is 1. The van der Waals surface area contributed by atoms with Gasteiger partial charge in [-0.25, -0.2) is 0 Å². The summed E-state index contributed by atoms with van der Waals surface area (Å²) in [7, 11) is 0. The number of aromatic nitrogens is 5. The van der Waals surface area contributed by atoms with E-state index in [4.69, 9.17) is 0 Å². The van der Waals surface area contributed by atoms with Crippen molar-refractivity contribution in [2.24, 2.45) is 0 Å². The van der Waals surface area contributed by atoms with Crippen LogP contribution < -0.4 is 0 Å². The number of hydrogen-bond acceptors (Lipinski definition) is 3. The minimum Gasteiger partial charge on any atom is -0.361 e. The molecule has 6 heteroatoms. The molecule has 3 aromatic rings. The highest BCUT2D eigenvalue weighted by molar-refractivity contribution is 14.1. The van der Waals surface area contributed by atoms with Crippen molar-refractivity contribution >= 4 is 33.8 Å². The lowest BCUT2D eigenvalue weighted by Crippen LogP contribution is -1.83. The van der Waals surface area contributed by atoms with Gasteiger partial charge in [0.2, 0.25) is 5.82 Å². The smallest absolute Gasteiger partial charge is 0.205 e. The second-order valence-corrected chi connectivity index (χ2v) is 4.00. The second-order valence-electron chi connectivity index (χ2n) is 3.13. The molecule has 15 heavy (non-hydrogen) atoms. The highest BCUT2D eigenvalue weighted by atomic mass is 127. The number of fused-ring (bicyclic) bond motifs is 1. The van der Waals surface area contributed by atoms with Crippen LogP contribution in [0.1, 0.15) is 0 Å². The highest BCUT2D eigenvalue weighted by Gasteiger charge is 2.05. The molecule has 3 rings (SSSR count). The van der Waals surface area contributed by atoms with E-state index in [1.807, 2.05) is 53.3 Å². The fourth-order valence-corrected chi connectivity index (χ4v) is 1.81. The number of hydrogen-bond donors (Lipinski definition) is 1. The quantitative estimate of drug-likeness (QED) is 0.700. The van der Waals surface area contributed by atoms with Crippen LogP contribution in [-0.4, -0.2) is 23.4 Å². The molecule has 74 valence electrons. The average molecular weight is 311 g/mol. The van der Waals surface area contributed by atoms with Crippen molar-refractivity contribution < 1.29 is 0 Å². The van der Waals surface area contributed by atoms with Crippen LogP contribution in [0.4, 0.5) is 0 Å². The Morgan fingerprint density at radius 1 is 1.27 bits per heavy atom. The minimum atomic E-state index is 0.646. The number of aromatic amines is 1. The van der Waals surface area contributed by atoms with Gasteiger partial charge in [-0.3, -0.25) is 0 Å². The summed E-state index contributed by atoms with van der Waals surface area (Å²) in [6.07, 6.45) is 1.91. The Morgan fingerprint density at radius 2 is 2.20 bits per heavy atom. The number of benzene rings is 1. The molecule has 5 nitrogen and oxygen atoms in total. The molecule has 0 aliphatic heterocycles. The Balaban J connectivity index is 2.18. The molecule has 0 fully saturated rings. The molecular weight excluding hydrogens is 305 g/mol. The summed E-state index contributed by atoms with van der Waals surface area (Å²) in [4.78, 5) is 3.14. The van der Waals surface area contributed by atoms with Crippen molar-refractivity contribution in [2.45, 2.75) is 0 Å². The summed E-state index contributed by atoms with van der Waals surface area (Å²) in [6, 6.07) is 8.05. The van der Waals surface area contributed by atoms with Crippen LogP contribution in [-0.2, 0) is 0 Å². The first-order valence-electron chi connectivity index (χ1n) is 4.36. The maximum Gasteiger partial charge on any atom is 0.205 e. The number of H-pyrrole nitrogens is 1. The van der Waals surface area contributed by atoms with Crippen LogP contribution in [0.15, 0.2) is 30.5 Å². The van der Waals surface area contributed by atoms with Crippen LogP contribution in [0, 0.1) is 0 Å². The number of halogens is 1. The van der Waals surface area contributed by atoms with Gasteiger partial charge >= 0.3 is 0 Å². The fraction of sp³-hybridized carbons (Fsp3) is 0. The van der Waals surface area contributed by atoms with Crippen LogP contribution in [0.2, 0.25) is 0 Å². The van der Waals surface area contributed by atoms with Gasteiger partial charge in [-0.2, -0.15) is 0 Å². The van der Waals surface area contributed by atoms with E-state index in [2.05, 4.69) is 20.4 Å². The van der Waals surface area contributed by atoms with Crippen LogP contribution in [0.25, 0.3) is 22.3 Å². The lowest BCUT2D eigenvalue weighted by Gasteiger charge is -1.94. The molecule has 1 aromatic carbocycles. The third kappa shape index (κ3) is 1.50. The molecule has 0 spiro atoms. The Hall–Kier alpha value is -1.44. The zero-order valence-electron chi connectivity index (χ0n) is 7.55. The molecule has 0 radical (unpaired) electrons. The van der Waals surface area contributed by atoms with E-state index in [-0.39, 0.29) is 0 Å². The van der Waals surface area contributed by atoms with E-state index >= 15 is 0 Å². The molecule has 0 aliphatic carbocycles. The van der Waals surface area contributed by atoms with E-state index in [0.29, 0.717) is 5.82 Å². The fourth-order valence-electron chi connectivity index (χ4n) is 1.51. The molecule has 2 heterocycles. The van der Waals surface area contributed by atoms with Crippen molar-refractivity contribution in [3.8, 4) is 11.4 Å². The maximum absolute atomic E-state index is 4.14. The van der Waals surface area contributed by atoms with Gasteiger partial charge in [0.15, 0.2) is 0 Å². The predicted molar refractivity (Wildman–Crippen MR) is 64.5 cm³/mol. The Morgan fingerprint density at radius 3 is 3.00 bits per heavy atom. The monoisotopic (exact) mass is 311 g/mol. The zero-order chi connectivity index (χ0) is 10.3. The van der Waals surface area contributed by atoms with Gasteiger partial charge in [0.1, 0.15) is 22.9 Å².